The van der Waals surface area contributed by atoms with E-state index in [0.29, 0.717) is 24.2 Å². The second-order valence-electron chi connectivity index (χ2n) is 5.25. The zero-order valence-corrected chi connectivity index (χ0v) is 12.6. The third-order valence-electron chi connectivity index (χ3n) is 3.95. The van der Waals surface area contributed by atoms with Crippen molar-refractivity contribution >= 4 is 15.7 Å². The van der Waals surface area contributed by atoms with Gasteiger partial charge in [0.1, 0.15) is 0 Å². The Morgan fingerprint density at radius 1 is 1.40 bits per heavy atom. The van der Waals surface area contributed by atoms with Gasteiger partial charge in [-0.05, 0) is 43.9 Å². The largest absolute Gasteiger partial charge is 0.398 e. The highest BCUT2D eigenvalue weighted by molar-refractivity contribution is 7.89. The molecular weight excluding hydrogens is 276 g/mol. The van der Waals surface area contributed by atoms with Crippen molar-refractivity contribution in [2.75, 3.05) is 18.9 Å². The molecule has 1 atom stereocenters. The van der Waals surface area contributed by atoms with Crippen molar-refractivity contribution in [2.45, 2.75) is 43.5 Å². The number of nitrogens with zero attached hydrogens (tertiary/aromatic N) is 1. The van der Waals surface area contributed by atoms with Crippen LogP contribution in [0.25, 0.3) is 0 Å². The van der Waals surface area contributed by atoms with Crippen LogP contribution in [0.2, 0.25) is 0 Å². The van der Waals surface area contributed by atoms with Gasteiger partial charge in [-0.3, -0.25) is 0 Å². The quantitative estimate of drug-likeness (QED) is 0.825. The Hall–Kier alpha value is -1.11. The number of nitrogens with two attached hydrogens (primary N) is 1. The number of aliphatic hydroxyl groups excluding tert-OH is 1. The molecule has 1 saturated heterocycles. The lowest BCUT2D eigenvalue weighted by atomic mass is 10.0. The maximum Gasteiger partial charge on any atom is 0.243 e. The van der Waals surface area contributed by atoms with Crippen LogP contribution in [0.1, 0.15) is 31.2 Å². The molecule has 0 saturated carbocycles. The molecule has 5 nitrogen and oxygen atoms in total. The highest BCUT2D eigenvalue weighted by atomic mass is 32.2. The van der Waals surface area contributed by atoms with E-state index in [2.05, 4.69) is 0 Å². The van der Waals surface area contributed by atoms with E-state index in [-0.39, 0.29) is 17.5 Å². The number of hydrogen-bond acceptors (Lipinski definition) is 4. The van der Waals surface area contributed by atoms with Crippen molar-refractivity contribution < 1.29 is 13.5 Å². The first-order valence-corrected chi connectivity index (χ1v) is 8.40. The number of rotatable bonds is 4. The minimum Gasteiger partial charge on any atom is -0.398 e. The number of nitrogen functional groups attached to an aromatic ring is 1. The molecule has 1 heterocycles. The first-order valence-electron chi connectivity index (χ1n) is 6.96. The van der Waals surface area contributed by atoms with Gasteiger partial charge in [0.15, 0.2) is 0 Å². The van der Waals surface area contributed by atoms with Crippen molar-refractivity contribution in [2.24, 2.45) is 0 Å². The van der Waals surface area contributed by atoms with Gasteiger partial charge in [0, 0.05) is 24.9 Å². The van der Waals surface area contributed by atoms with E-state index in [1.165, 1.54) is 4.31 Å². The van der Waals surface area contributed by atoms with E-state index in [1.807, 2.05) is 0 Å². The molecule has 112 valence electrons. The Kier molecular flexibility index (Phi) is 4.67. The van der Waals surface area contributed by atoms with Gasteiger partial charge in [-0.25, -0.2) is 8.42 Å². The topological polar surface area (TPSA) is 83.6 Å². The predicted molar refractivity (Wildman–Crippen MR) is 78.8 cm³/mol. The zero-order chi connectivity index (χ0) is 14.8. The molecule has 0 aliphatic carbocycles. The molecule has 3 N–H and O–H groups in total. The Labute approximate surface area is 120 Å². The number of aliphatic hydroxyl groups is 1. The number of anilines is 1. The SMILES string of the molecule is Cc1c(N)cccc1S(=O)(=O)N1CCCCC1CCO. The summed E-state index contributed by atoms with van der Waals surface area (Å²) in [5.41, 5.74) is 6.90. The molecule has 1 aromatic rings. The normalized spacial score (nSPS) is 21.0. The monoisotopic (exact) mass is 298 g/mol. The standard InChI is InChI=1S/C14H22N2O3S/c1-11-13(15)6-4-7-14(11)20(18,19)16-9-3-2-5-12(16)8-10-17/h4,6-7,12,17H,2-3,5,8-10,15H2,1H3. The summed E-state index contributed by atoms with van der Waals surface area (Å²) >= 11 is 0. The number of sulfonamides is 1. The lowest BCUT2D eigenvalue weighted by Gasteiger charge is -2.34. The van der Waals surface area contributed by atoms with Crippen molar-refractivity contribution in [1.82, 2.24) is 4.31 Å². The van der Waals surface area contributed by atoms with E-state index in [9.17, 15) is 8.42 Å². The highest BCUT2D eigenvalue weighted by Gasteiger charge is 2.34. The summed E-state index contributed by atoms with van der Waals surface area (Å²) in [6.45, 7) is 2.25. The smallest absolute Gasteiger partial charge is 0.243 e. The summed E-state index contributed by atoms with van der Waals surface area (Å²) in [7, 11) is -3.54. The molecule has 20 heavy (non-hydrogen) atoms. The number of hydrogen-bond donors (Lipinski definition) is 2. The van der Waals surface area contributed by atoms with Gasteiger partial charge < -0.3 is 10.8 Å². The van der Waals surface area contributed by atoms with Gasteiger partial charge >= 0.3 is 0 Å². The zero-order valence-electron chi connectivity index (χ0n) is 11.7. The minimum atomic E-state index is -3.54. The third-order valence-corrected chi connectivity index (χ3v) is 6.04. The number of piperidine rings is 1. The fourth-order valence-corrected chi connectivity index (χ4v) is 4.75. The molecule has 0 amide bonds. The van der Waals surface area contributed by atoms with Crippen LogP contribution in [-0.4, -0.2) is 37.0 Å². The first kappa shape index (κ1) is 15.3. The van der Waals surface area contributed by atoms with Gasteiger partial charge in [0.25, 0.3) is 0 Å². The van der Waals surface area contributed by atoms with Crippen LogP contribution in [0.4, 0.5) is 5.69 Å². The van der Waals surface area contributed by atoms with Gasteiger partial charge in [-0.2, -0.15) is 4.31 Å². The van der Waals surface area contributed by atoms with E-state index in [1.54, 1.807) is 25.1 Å². The molecule has 1 aliphatic rings. The summed E-state index contributed by atoms with van der Waals surface area (Å²) in [5, 5.41) is 9.13. The fourth-order valence-electron chi connectivity index (χ4n) is 2.77. The molecule has 0 aromatic heterocycles. The Bertz CT molecular complexity index is 570. The average molecular weight is 298 g/mol. The second kappa shape index (κ2) is 6.11. The Balaban J connectivity index is 2.40. The maximum absolute atomic E-state index is 12.8. The summed E-state index contributed by atoms with van der Waals surface area (Å²) in [6.07, 6.45) is 3.16. The third kappa shape index (κ3) is 2.82. The van der Waals surface area contributed by atoms with Crippen molar-refractivity contribution in [3.8, 4) is 0 Å². The molecular formula is C14H22N2O3S. The van der Waals surface area contributed by atoms with Crippen LogP contribution in [0.3, 0.4) is 0 Å². The van der Waals surface area contributed by atoms with Crippen LogP contribution in [0, 0.1) is 6.92 Å². The molecule has 6 heteroatoms. The lowest BCUT2D eigenvalue weighted by molar-refractivity contribution is 0.192. The maximum atomic E-state index is 12.8. The fraction of sp³-hybridized carbons (Fsp3) is 0.571. The summed E-state index contributed by atoms with van der Waals surface area (Å²) in [6, 6.07) is 4.86. The van der Waals surface area contributed by atoms with Crippen LogP contribution in [-0.2, 0) is 10.0 Å². The van der Waals surface area contributed by atoms with Gasteiger partial charge in [0.2, 0.25) is 10.0 Å². The number of benzene rings is 1. The molecule has 0 spiro atoms. The molecule has 1 unspecified atom stereocenters. The first-order chi connectivity index (χ1) is 9.48. The summed E-state index contributed by atoms with van der Waals surface area (Å²) < 4.78 is 27.2. The van der Waals surface area contributed by atoms with Crippen LogP contribution >= 0.6 is 0 Å². The molecule has 0 radical (unpaired) electrons. The predicted octanol–water partition coefficient (Wildman–Crippen LogP) is 1.50. The van der Waals surface area contributed by atoms with Crippen molar-refractivity contribution in [1.29, 1.82) is 0 Å². The molecule has 1 aromatic carbocycles. The van der Waals surface area contributed by atoms with Gasteiger partial charge in [0.05, 0.1) is 4.90 Å². The highest BCUT2D eigenvalue weighted by Crippen LogP contribution is 2.30. The average Bonchev–Trinajstić information content (AvgIpc) is 2.42. The van der Waals surface area contributed by atoms with E-state index in [0.717, 1.165) is 19.3 Å². The van der Waals surface area contributed by atoms with Gasteiger partial charge in [-0.15, -0.1) is 0 Å². The summed E-state index contributed by atoms with van der Waals surface area (Å²) in [5.74, 6) is 0. The van der Waals surface area contributed by atoms with E-state index < -0.39 is 10.0 Å². The van der Waals surface area contributed by atoms with Crippen LogP contribution < -0.4 is 5.73 Å². The van der Waals surface area contributed by atoms with Gasteiger partial charge in [-0.1, -0.05) is 12.5 Å². The van der Waals surface area contributed by atoms with Crippen molar-refractivity contribution in [3.63, 3.8) is 0 Å². The lowest BCUT2D eigenvalue weighted by Crippen LogP contribution is -2.44. The van der Waals surface area contributed by atoms with Crippen LogP contribution in [0.15, 0.2) is 23.1 Å². The minimum absolute atomic E-state index is 0.00655. The van der Waals surface area contributed by atoms with Crippen molar-refractivity contribution in [3.05, 3.63) is 23.8 Å². The Morgan fingerprint density at radius 2 is 2.15 bits per heavy atom. The second-order valence-corrected chi connectivity index (χ2v) is 7.11. The molecule has 1 fully saturated rings. The Morgan fingerprint density at radius 3 is 2.85 bits per heavy atom. The van der Waals surface area contributed by atoms with Crippen LogP contribution in [0.5, 0.6) is 0 Å². The molecule has 1 aliphatic heterocycles. The van der Waals surface area contributed by atoms with E-state index in [4.69, 9.17) is 10.8 Å². The molecule has 2 rings (SSSR count). The molecule has 0 bridgehead atoms. The summed E-state index contributed by atoms with van der Waals surface area (Å²) in [4.78, 5) is 0.280. The van der Waals surface area contributed by atoms with E-state index >= 15 is 0 Å².